The predicted octanol–water partition coefficient (Wildman–Crippen LogP) is 1.19. The number of rotatable bonds is 7. The average Bonchev–Trinajstić information content (AvgIpc) is 2.66. The molecule has 0 bridgehead atoms. The van der Waals surface area contributed by atoms with E-state index in [0.717, 1.165) is 4.47 Å². The van der Waals surface area contributed by atoms with E-state index in [-0.39, 0.29) is 5.91 Å². The van der Waals surface area contributed by atoms with Crippen LogP contribution in [0, 0.1) is 0 Å². The van der Waals surface area contributed by atoms with Crippen LogP contribution in [0.25, 0.3) is 0 Å². The van der Waals surface area contributed by atoms with E-state index in [1.807, 2.05) is 0 Å². The molecule has 0 aliphatic rings. The normalized spacial score (nSPS) is 11.8. The molecule has 1 amide bonds. The van der Waals surface area contributed by atoms with Gasteiger partial charge in [-0.15, -0.1) is 0 Å². The highest BCUT2D eigenvalue weighted by Gasteiger charge is 2.14. The Kier molecular flexibility index (Phi) is 6.22. The van der Waals surface area contributed by atoms with Gasteiger partial charge in [0.15, 0.2) is 0 Å². The molecular weight excluding hydrogens is 346 g/mol. The average molecular weight is 366 g/mol. The molecule has 6 nitrogen and oxygen atoms in total. The molecule has 0 aliphatic heterocycles. The van der Waals surface area contributed by atoms with E-state index in [1.54, 1.807) is 30.8 Å². The van der Waals surface area contributed by atoms with Crippen LogP contribution in [0.4, 0.5) is 0 Å². The summed E-state index contributed by atoms with van der Waals surface area (Å²) >= 11 is 3.31. The molecule has 0 saturated heterocycles. The molecule has 0 unspecified atom stereocenters. The van der Waals surface area contributed by atoms with Crippen LogP contribution in [0.5, 0.6) is 0 Å². The second-order valence-electron chi connectivity index (χ2n) is 4.52. The smallest absolute Gasteiger partial charge is 0.267 e. The Labute approximate surface area is 128 Å². The standard InChI is InChI=1S/C12H20BrN3O3S/c1-4-16(20(3,18)19)7-5-6-14-12(17)11-8-10(13)9-15(11)2/h8-9H,4-7H2,1-3H3,(H,14,17). The monoisotopic (exact) mass is 365 g/mol. The van der Waals surface area contributed by atoms with Gasteiger partial charge in [0.2, 0.25) is 10.0 Å². The van der Waals surface area contributed by atoms with Crippen LogP contribution in [0.15, 0.2) is 16.7 Å². The van der Waals surface area contributed by atoms with Crippen LogP contribution in [-0.2, 0) is 17.1 Å². The zero-order chi connectivity index (χ0) is 15.3. The first-order valence-electron chi connectivity index (χ1n) is 6.31. The zero-order valence-corrected chi connectivity index (χ0v) is 14.3. The van der Waals surface area contributed by atoms with Crippen molar-refractivity contribution in [3.8, 4) is 0 Å². The van der Waals surface area contributed by atoms with Crippen molar-refractivity contribution in [1.29, 1.82) is 0 Å². The van der Waals surface area contributed by atoms with E-state index in [9.17, 15) is 13.2 Å². The molecule has 20 heavy (non-hydrogen) atoms. The number of aryl methyl sites for hydroxylation is 1. The maximum absolute atomic E-state index is 11.9. The number of aromatic nitrogens is 1. The van der Waals surface area contributed by atoms with E-state index in [1.165, 1.54) is 10.6 Å². The van der Waals surface area contributed by atoms with Crippen LogP contribution < -0.4 is 5.32 Å². The number of amides is 1. The number of nitrogens with zero attached hydrogens (tertiary/aromatic N) is 2. The molecule has 1 N–H and O–H groups in total. The molecule has 8 heteroatoms. The van der Waals surface area contributed by atoms with Gasteiger partial charge in [-0.05, 0) is 28.4 Å². The van der Waals surface area contributed by atoms with Crippen LogP contribution in [0.2, 0.25) is 0 Å². The number of halogens is 1. The van der Waals surface area contributed by atoms with Crippen molar-refractivity contribution in [3.63, 3.8) is 0 Å². The number of sulfonamides is 1. The Bertz CT molecular complexity index is 569. The topological polar surface area (TPSA) is 71.4 Å². The van der Waals surface area contributed by atoms with Gasteiger partial charge < -0.3 is 9.88 Å². The molecule has 0 aliphatic carbocycles. The zero-order valence-electron chi connectivity index (χ0n) is 11.9. The predicted molar refractivity (Wildman–Crippen MR) is 82.2 cm³/mol. The van der Waals surface area contributed by atoms with Crippen molar-refractivity contribution in [1.82, 2.24) is 14.2 Å². The minimum absolute atomic E-state index is 0.166. The SMILES string of the molecule is CCN(CCCNC(=O)c1cc(Br)cn1C)S(C)(=O)=O. The Morgan fingerprint density at radius 2 is 2.15 bits per heavy atom. The molecule has 0 fully saturated rings. The summed E-state index contributed by atoms with van der Waals surface area (Å²) in [5, 5.41) is 2.78. The number of carbonyl (C=O) groups excluding carboxylic acids is 1. The van der Waals surface area contributed by atoms with Gasteiger partial charge in [-0.25, -0.2) is 12.7 Å². The lowest BCUT2D eigenvalue weighted by molar-refractivity contribution is 0.0944. The Hall–Kier alpha value is -0.860. The van der Waals surface area contributed by atoms with E-state index in [2.05, 4.69) is 21.2 Å². The fourth-order valence-corrected chi connectivity index (χ4v) is 3.31. The Balaban J connectivity index is 2.42. The van der Waals surface area contributed by atoms with E-state index in [4.69, 9.17) is 0 Å². The number of nitrogens with one attached hydrogen (secondary N) is 1. The largest absolute Gasteiger partial charge is 0.351 e. The third-order valence-corrected chi connectivity index (χ3v) is 4.71. The van der Waals surface area contributed by atoms with Crippen LogP contribution in [0.1, 0.15) is 23.8 Å². The lowest BCUT2D eigenvalue weighted by Gasteiger charge is -2.17. The summed E-state index contributed by atoms with van der Waals surface area (Å²) in [4.78, 5) is 11.9. The number of carbonyl (C=O) groups is 1. The van der Waals surface area contributed by atoms with Gasteiger partial charge >= 0.3 is 0 Å². The summed E-state index contributed by atoms with van der Waals surface area (Å²) in [5.74, 6) is -0.166. The van der Waals surface area contributed by atoms with Crippen LogP contribution in [-0.4, -0.2) is 49.1 Å². The molecular formula is C12H20BrN3O3S. The fraction of sp³-hybridized carbons (Fsp3) is 0.583. The summed E-state index contributed by atoms with van der Waals surface area (Å²) in [6.45, 7) is 3.08. The van der Waals surface area contributed by atoms with Gasteiger partial charge in [0, 0.05) is 37.4 Å². The van der Waals surface area contributed by atoms with Crippen molar-refractivity contribution < 1.29 is 13.2 Å². The molecule has 0 radical (unpaired) electrons. The van der Waals surface area contributed by atoms with Crippen molar-refractivity contribution >= 4 is 31.9 Å². The third kappa shape index (κ3) is 4.92. The highest BCUT2D eigenvalue weighted by Crippen LogP contribution is 2.13. The first-order chi connectivity index (χ1) is 9.25. The van der Waals surface area contributed by atoms with Crippen molar-refractivity contribution in [2.75, 3.05) is 25.9 Å². The number of hydrogen-bond acceptors (Lipinski definition) is 3. The molecule has 0 spiro atoms. The Morgan fingerprint density at radius 3 is 2.60 bits per heavy atom. The summed E-state index contributed by atoms with van der Waals surface area (Å²) in [6, 6.07) is 1.74. The van der Waals surface area contributed by atoms with Crippen molar-refractivity contribution in [3.05, 3.63) is 22.4 Å². The molecule has 0 aromatic carbocycles. The third-order valence-electron chi connectivity index (χ3n) is 2.90. The molecule has 1 aromatic heterocycles. The van der Waals surface area contributed by atoms with Crippen molar-refractivity contribution in [2.24, 2.45) is 7.05 Å². The first-order valence-corrected chi connectivity index (χ1v) is 8.95. The summed E-state index contributed by atoms with van der Waals surface area (Å²) in [7, 11) is -1.37. The molecule has 1 heterocycles. The van der Waals surface area contributed by atoms with E-state index < -0.39 is 10.0 Å². The number of hydrogen-bond donors (Lipinski definition) is 1. The van der Waals surface area contributed by atoms with Gasteiger partial charge in [-0.1, -0.05) is 6.92 Å². The highest BCUT2D eigenvalue weighted by molar-refractivity contribution is 9.10. The van der Waals surface area contributed by atoms with Crippen LogP contribution >= 0.6 is 15.9 Å². The molecule has 0 atom stereocenters. The summed E-state index contributed by atoms with van der Waals surface area (Å²) in [5.41, 5.74) is 0.562. The first kappa shape index (κ1) is 17.2. The molecule has 0 saturated carbocycles. The van der Waals surface area contributed by atoms with Crippen LogP contribution in [0.3, 0.4) is 0 Å². The van der Waals surface area contributed by atoms with Gasteiger partial charge in [0.1, 0.15) is 5.69 Å². The fourth-order valence-electron chi connectivity index (χ4n) is 1.86. The highest BCUT2D eigenvalue weighted by atomic mass is 79.9. The second kappa shape index (κ2) is 7.24. The minimum atomic E-state index is -3.16. The van der Waals surface area contributed by atoms with E-state index in [0.29, 0.717) is 31.7 Å². The van der Waals surface area contributed by atoms with Gasteiger partial charge in [0.05, 0.1) is 6.26 Å². The lowest BCUT2D eigenvalue weighted by atomic mass is 10.3. The summed E-state index contributed by atoms with van der Waals surface area (Å²) < 4.78 is 26.7. The lowest BCUT2D eigenvalue weighted by Crippen LogP contribution is -2.33. The second-order valence-corrected chi connectivity index (χ2v) is 7.42. The molecule has 1 rings (SSSR count). The van der Waals surface area contributed by atoms with E-state index >= 15 is 0 Å². The maximum atomic E-state index is 11.9. The maximum Gasteiger partial charge on any atom is 0.267 e. The van der Waals surface area contributed by atoms with Gasteiger partial charge in [0.25, 0.3) is 5.91 Å². The quantitative estimate of drug-likeness (QED) is 0.737. The van der Waals surface area contributed by atoms with Crippen molar-refractivity contribution in [2.45, 2.75) is 13.3 Å². The molecule has 114 valence electrons. The van der Waals surface area contributed by atoms with Gasteiger partial charge in [-0.2, -0.15) is 0 Å². The molecule has 1 aromatic rings. The summed E-state index contributed by atoms with van der Waals surface area (Å²) in [6.07, 6.45) is 3.58. The van der Waals surface area contributed by atoms with Gasteiger partial charge in [-0.3, -0.25) is 4.79 Å². The Morgan fingerprint density at radius 1 is 1.50 bits per heavy atom. The minimum Gasteiger partial charge on any atom is -0.351 e.